The Labute approximate surface area is 70.4 Å². The van der Waals surface area contributed by atoms with Crippen molar-refractivity contribution in [3.8, 4) is 6.07 Å². The van der Waals surface area contributed by atoms with Gasteiger partial charge in [0.05, 0.1) is 6.07 Å². The summed E-state index contributed by atoms with van der Waals surface area (Å²) in [6.45, 7) is 4.35. The minimum Gasteiger partial charge on any atom is -0.198 e. The van der Waals surface area contributed by atoms with Crippen LogP contribution >= 0.6 is 0 Å². The Bertz CT molecular complexity index is 105. The highest BCUT2D eigenvalue weighted by molar-refractivity contribution is 4.81. The van der Waals surface area contributed by atoms with E-state index in [1.54, 1.807) is 0 Å². The van der Waals surface area contributed by atoms with Gasteiger partial charge in [-0.05, 0) is 12.8 Å². The zero-order chi connectivity index (χ0) is 8.53. The van der Waals surface area contributed by atoms with Gasteiger partial charge in [0.15, 0.2) is 0 Å². The van der Waals surface area contributed by atoms with Gasteiger partial charge in [-0.2, -0.15) is 5.26 Å². The quantitative estimate of drug-likeness (QED) is 0.573. The first-order valence-electron chi connectivity index (χ1n) is 4.74. The molecule has 0 spiro atoms. The van der Waals surface area contributed by atoms with Gasteiger partial charge in [-0.1, -0.05) is 39.5 Å². The Kier molecular flexibility index (Phi) is 7.24. The first-order valence-corrected chi connectivity index (χ1v) is 4.74. The van der Waals surface area contributed by atoms with Crippen molar-refractivity contribution in [1.29, 1.82) is 5.26 Å². The van der Waals surface area contributed by atoms with Gasteiger partial charge < -0.3 is 0 Å². The molecule has 0 aromatic rings. The van der Waals surface area contributed by atoms with Gasteiger partial charge in [-0.3, -0.25) is 0 Å². The van der Waals surface area contributed by atoms with Crippen LogP contribution in [-0.2, 0) is 0 Å². The van der Waals surface area contributed by atoms with Crippen LogP contribution in [0.3, 0.4) is 0 Å². The van der Waals surface area contributed by atoms with E-state index in [0.717, 1.165) is 12.8 Å². The maximum Gasteiger partial charge on any atom is 0.0655 e. The van der Waals surface area contributed by atoms with Crippen molar-refractivity contribution in [2.75, 3.05) is 0 Å². The van der Waals surface area contributed by atoms with Crippen molar-refractivity contribution < 1.29 is 0 Å². The van der Waals surface area contributed by atoms with Gasteiger partial charge in [0.25, 0.3) is 0 Å². The summed E-state index contributed by atoms with van der Waals surface area (Å²) in [6, 6.07) is 2.37. The molecule has 0 radical (unpaired) electrons. The Morgan fingerprint density at radius 2 is 1.55 bits per heavy atom. The second-order valence-corrected chi connectivity index (χ2v) is 3.11. The Balaban J connectivity index is 3.35. The summed E-state index contributed by atoms with van der Waals surface area (Å²) >= 11 is 0. The van der Waals surface area contributed by atoms with Gasteiger partial charge >= 0.3 is 0 Å². The van der Waals surface area contributed by atoms with Crippen molar-refractivity contribution in [3.63, 3.8) is 0 Å². The van der Waals surface area contributed by atoms with E-state index in [9.17, 15) is 0 Å². The monoisotopic (exact) mass is 153 g/mol. The largest absolute Gasteiger partial charge is 0.198 e. The summed E-state index contributed by atoms with van der Waals surface area (Å²) in [5.74, 6) is 0.329. The van der Waals surface area contributed by atoms with Gasteiger partial charge in [0.2, 0.25) is 0 Å². The molecule has 0 heterocycles. The number of hydrogen-bond acceptors (Lipinski definition) is 1. The highest BCUT2D eigenvalue weighted by Gasteiger charge is 2.04. The van der Waals surface area contributed by atoms with E-state index in [-0.39, 0.29) is 0 Å². The molecule has 0 unspecified atom stereocenters. The van der Waals surface area contributed by atoms with Gasteiger partial charge in [0.1, 0.15) is 0 Å². The van der Waals surface area contributed by atoms with Crippen LogP contribution in [0, 0.1) is 17.2 Å². The number of nitrogens with zero attached hydrogens (tertiary/aromatic N) is 1. The molecule has 1 nitrogen and oxygen atoms in total. The smallest absolute Gasteiger partial charge is 0.0655 e. The van der Waals surface area contributed by atoms with Gasteiger partial charge in [-0.25, -0.2) is 0 Å². The van der Waals surface area contributed by atoms with E-state index in [1.807, 2.05) is 0 Å². The predicted octanol–water partition coefficient (Wildman–Crippen LogP) is 3.51. The fraction of sp³-hybridized carbons (Fsp3) is 0.900. The molecule has 0 rings (SSSR count). The highest BCUT2D eigenvalue weighted by atomic mass is 14.3. The predicted molar refractivity (Wildman–Crippen MR) is 48.2 cm³/mol. The molecular formula is C10H19N. The molecule has 11 heavy (non-hydrogen) atoms. The molecule has 64 valence electrons. The van der Waals surface area contributed by atoms with Crippen molar-refractivity contribution in [3.05, 3.63) is 0 Å². The molecule has 0 aliphatic rings. The van der Waals surface area contributed by atoms with Crippen LogP contribution in [0.1, 0.15) is 52.4 Å². The number of rotatable bonds is 6. The van der Waals surface area contributed by atoms with E-state index < -0.39 is 0 Å². The number of unbranched alkanes of at least 4 members (excludes halogenated alkanes) is 2. The highest BCUT2D eigenvalue weighted by Crippen LogP contribution is 2.14. The standard InChI is InChI=1S/C10H19N/c1-3-5-7-10(9-11)8-6-4-2/h10H,3-8H2,1-2H3. The molecule has 0 aromatic heterocycles. The summed E-state index contributed by atoms with van der Waals surface area (Å²) in [6.07, 6.45) is 7.05. The minimum atomic E-state index is 0.329. The van der Waals surface area contributed by atoms with Crippen molar-refractivity contribution >= 4 is 0 Å². The molecule has 0 aromatic carbocycles. The minimum absolute atomic E-state index is 0.329. The Morgan fingerprint density at radius 1 is 1.09 bits per heavy atom. The third-order valence-corrected chi connectivity index (χ3v) is 1.99. The number of nitriles is 1. The molecule has 0 saturated carbocycles. The normalized spacial score (nSPS) is 10.0. The molecule has 1 heteroatoms. The zero-order valence-corrected chi connectivity index (χ0v) is 7.77. The third kappa shape index (κ3) is 5.91. The van der Waals surface area contributed by atoms with E-state index in [1.165, 1.54) is 25.7 Å². The average Bonchev–Trinajstić information content (AvgIpc) is 2.05. The third-order valence-electron chi connectivity index (χ3n) is 1.99. The van der Waals surface area contributed by atoms with Crippen molar-refractivity contribution in [2.24, 2.45) is 5.92 Å². The van der Waals surface area contributed by atoms with Crippen molar-refractivity contribution in [2.45, 2.75) is 52.4 Å². The summed E-state index contributed by atoms with van der Waals surface area (Å²) in [7, 11) is 0. The van der Waals surface area contributed by atoms with E-state index in [2.05, 4.69) is 19.9 Å². The SMILES string of the molecule is CCCCC(C#N)CCCC. The van der Waals surface area contributed by atoms with Gasteiger partial charge in [-0.15, -0.1) is 0 Å². The van der Waals surface area contributed by atoms with E-state index in [4.69, 9.17) is 5.26 Å². The number of hydrogen-bond donors (Lipinski definition) is 0. The molecule has 0 amide bonds. The molecule has 0 atom stereocenters. The van der Waals surface area contributed by atoms with Gasteiger partial charge in [0, 0.05) is 5.92 Å². The molecule has 0 fully saturated rings. The molecule has 0 aliphatic carbocycles. The fourth-order valence-corrected chi connectivity index (χ4v) is 1.17. The first kappa shape index (κ1) is 10.5. The van der Waals surface area contributed by atoms with Crippen LogP contribution in [-0.4, -0.2) is 0 Å². The summed E-state index contributed by atoms with van der Waals surface area (Å²) < 4.78 is 0. The van der Waals surface area contributed by atoms with Crippen LogP contribution in [0.4, 0.5) is 0 Å². The molecular weight excluding hydrogens is 134 g/mol. The Hall–Kier alpha value is -0.510. The molecule has 0 bridgehead atoms. The zero-order valence-electron chi connectivity index (χ0n) is 7.77. The topological polar surface area (TPSA) is 23.8 Å². The lowest BCUT2D eigenvalue weighted by molar-refractivity contribution is 0.506. The summed E-state index contributed by atoms with van der Waals surface area (Å²) in [5, 5.41) is 8.73. The fourth-order valence-electron chi connectivity index (χ4n) is 1.17. The first-order chi connectivity index (χ1) is 5.35. The maximum atomic E-state index is 8.73. The van der Waals surface area contributed by atoms with Crippen molar-refractivity contribution in [1.82, 2.24) is 0 Å². The lowest BCUT2D eigenvalue weighted by Gasteiger charge is -2.05. The van der Waals surface area contributed by atoms with E-state index >= 15 is 0 Å². The maximum absolute atomic E-state index is 8.73. The van der Waals surface area contributed by atoms with Crippen LogP contribution < -0.4 is 0 Å². The second-order valence-electron chi connectivity index (χ2n) is 3.11. The van der Waals surface area contributed by atoms with E-state index in [0.29, 0.717) is 5.92 Å². The molecule has 0 aliphatic heterocycles. The second kappa shape index (κ2) is 7.60. The molecule has 0 saturated heterocycles. The van der Waals surface area contributed by atoms with Crippen LogP contribution in [0.2, 0.25) is 0 Å². The lowest BCUT2D eigenvalue weighted by atomic mass is 9.98. The van der Waals surface area contributed by atoms with Crippen LogP contribution in [0.5, 0.6) is 0 Å². The summed E-state index contributed by atoms with van der Waals surface area (Å²) in [5.41, 5.74) is 0. The van der Waals surface area contributed by atoms with Crippen LogP contribution in [0.25, 0.3) is 0 Å². The van der Waals surface area contributed by atoms with Crippen LogP contribution in [0.15, 0.2) is 0 Å². The Morgan fingerprint density at radius 3 is 1.82 bits per heavy atom. The average molecular weight is 153 g/mol. The lowest BCUT2D eigenvalue weighted by Crippen LogP contribution is -1.96. The summed E-state index contributed by atoms with van der Waals surface area (Å²) in [4.78, 5) is 0. The molecule has 0 N–H and O–H groups in total.